The largest absolute Gasteiger partial charge is 0.374 e. The number of carbonyl (C=O) groups is 1. The number of amides is 1. The first-order chi connectivity index (χ1) is 11.3. The number of hydrogen-bond acceptors (Lipinski definition) is 5. The molecule has 0 aromatic rings. The Labute approximate surface area is 152 Å². The second-order valence-corrected chi connectivity index (χ2v) is 8.05. The quantitative estimate of drug-likeness (QED) is 0.552. The van der Waals surface area contributed by atoms with Crippen LogP contribution in [0.1, 0.15) is 39.5 Å². The number of thiocarbonyl (C=S) groups is 2. The number of rotatable bonds is 1. The third-order valence-corrected chi connectivity index (χ3v) is 5.21. The molecule has 2 N–H and O–H groups in total. The molecule has 0 spiro atoms. The lowest BCUT2D eigenvalue weighted by Gasteiger charge is -2.38. The predicted molar refractivity (Wildman–Crippen MR) is 100.0 cm³/mol. The minimum Gasteiger partial charge on any atom is -0.374 e. The summed E-state index contributed by atoms with van der Waals surface area (Å²) in [7, 11) is 0. The Bertz CT molecular complexity index is 714. The summed E-state index contributed by atoms with van der Waals surface area (Å²) in [5, 5.41) is 15.5. The molecule has 0 aromatic carbocycles. The van der Waals surface area contributed by atoms with E-state index >= 15 is 0 Å². The lowest BCUT2D eigenvalue weighted by Crippen LogP contribution is -2.51. The number of nitrogens with one attached hydrogen (secondary N) is 2. The molecule has 0 atom stereocenters. The molecular weight excluding hydrogens is 340 g/mol. The van der Waals surface area contributed by atoms with Crippen molar-refractivity contribution < 1.29 is 4.79 Å². The summed E-state index contributed by atoms with van der Waals surface area (Å²) in [4.78, 5) is 15.1. The lowest BCUT2D eigenvalue weighted by atomic mass is 9.72. The molecule has 0 bridgehead atoms. The van der Waals surface area contributed by atoms with Crippen LogP contribution in [0, 0.1) is 16.7 Å². The molecule has 3 aliphatic rings. The summed E-state index contributed by atoms with van der Waals surface area (Å²) in [6, 6.07) is 2.35. The molecule has 2 aliphatic heterocycles. The van der Waals surface area contributed by atoms with Crippen LogP contribution in [0.3, 0.4) is 0 Å². The van der Waals surface area contributed by atoms with E-state index in [0.717, 1.165) is 43.6 Å². The Morgan fingerprint density at radius 2 is 1.83 bits per heavy atom. The summed E-state index contributed by atoms with van der Waals surface area (Å²) >= 11 is 10.3. The number of likely N-dealkylation sites (tertiary alicyclic amines) is 1. The predicted octanol–water partition coefficient (Wildman–Crippen LogP) is 2.31. The van der Waals surface area contributed by atoms with E-state index in [-0.39, 0.29) is 16.4 Å². The molecule has 0 unspecified atom stereocenters. The topological polar surface area (TPSA) is 68.2 Å². The van der Waals surface area contributed by atoms with Gasteiger partial charge < -0.3 is 10.2 Å². The van der Waals surface area contributed by atoms with Gasteiger partial charge in [0, 0.05) is 18.8 Å². The van der Waals surface area contributed by atoms with Crippen LogP contribution in [0.25, 0.3) is 0 Å². The Hall–Kier alpha value is -1.78. The second kappa shape index (κ2) is 6.26. The molecule has 0 aromatic heterocycles. The zero-order valence-corrected chi connectivity index (χ0v) is 15.5. The van der Waals surface area contributed by atoms with Gasteiger partial charge >= 0.3 is 0 Å². The van der Waals surface area contributed by atoms with Crippen molar-refractivity contribution in [1.82, 2.24) is 15.5 Å². The van der Waals surface area contributed by atoms with Crippen LogP contribution in [0.4, 0.5) is 0 Å². The monoisotopic (exact) mass is 360 g/mol. The van der Waals surface area contributed by atoms with Gasteiger partial charge in [-0.15, -0.1) is 0 Å². The normalized spacial score (nSPS) is 27.0. The van der Waals surface area contributed by atoms with Gasteiger partial charge in [0.15, 0.2) is 5.11 Å². The van der Waals surface area contributed by atoms with Crippen LogP contribution in [0.15, 0.2) is 22.4 Å². The Morgan fingerprint density at radius 3 is 2.42 bits per heavy atom. The van der Waals surface area contributed by atoms with Crippen LogP contribution in [-0.4, -0.2) is 34.0 Å². The van der Waals surface area contributed by atoms with Crippen LogP contribution in [0.2, 0.25) is 0 Å². The van der Waals surface area contributed by atoms with E-state index in [2.05, 4.69) is 35.5 Å². The highest BCUT2D eigenvalue weighted by Gasteiger charge is 2.38. The van der Waals surface area contributed by atoms with Gasteiger partial charge in [0.2, 0.25) is 0 Å². The average molecular weight is 361 g/mol. The maximum Gasteiger partial charge on any atom is 0.260 e. The molecular formula is C17H20N4OS2. The van der Waals surface area contributed by atoms with Gasteiger partial charge in [-0.1, -0.05) is 26.1 Å². The van der Waals surface area contributed by atoms with E-state index < -0.39 is 0 Å². The van der Waals surface area contributed by atoms with Gasteiger partial charge in [0.05, 0.1) is 11.1 Å². The van der Waals surface area contributed by atoms with Crippen molar-refractivity contribution in [3.63, 3.8) is 0 Å². The first-order valence-electron chi connectivity index (χ1n) is 8.11. The Morgan fingerprint density at radius 1 is 1.17 bits per heavy atom. The average Bonchev–Trinajstić information content (AvgIpc) is 2.98. The minimum atomic E-state index is -0.315. The van der Waals surface area contributed by atoms with Gasteiger partial charge in [0.25, 0.3) is 5.91 Å². The fourth-order valence-electron chi connectivity index (χ4n) is 3.69. The fourth-order valence-corrected chi connectivity index (χ4v) is 4.26. The molecule has 2 heterocycles. The van der Waals surface area contributed by atoms with Crippen molar-refractivity contribution in [2.75, 3.05) is 13.1 Å². The number of nitriles is 1. The highest BCUT2D eigenvalue weighted by Crippen LogP contribution is 2.44. The van der Waals surface area contributed by atoms with Crippen LogP contribution < -0.4 is 10.6 Å². The SMILES string of the molecule is CC1(C)CC(N2CCCC2)=C(C#N)/C(=C2/C(=O)NC(=S)NC2=S)C1. The molecule has 126 valence electrons. The molecule has 1 amide bonds. The molecule has 0 radical (unpaired) electrons. The summed E-state index contributed by atoms with van der Waals surface area (Å²) < 4.78 is 0. The highest BCUT2D eigenvalue weighted by atomic mass is 32.1. The third kappa shape index (κ3) is 3.08. The fraction of sp³-hybridized carbons (Fsp3) is 0.529. The highest BCUT2D eigenvalue weighted by molar-refractivity contribution is 7.82. The molecule has 2 saturated heterocycles. The zero-order chi connectivity index (χ0) is 17.5. The van der Waals surface area contributed by atoms with Crippen molar-refractivity contribution in [1.29, 1.82) is 5.26 Å². The summed E-state index contributed by atoms with van der Waals surface area (Å²) in [6.45, 7) is 6.27. The molecule has 24 heavy (non-hydrogen) atoms. The van der Waals surface area contributed by atoms with Gasteiger partial charge in [-0.05, 0) is 48.9 Å². The van der Waals surface area contributed by atoms with Gasteiger partial charge in [-0.2, -0.15) is 5.26 Å². The van der Waals surface area contributed by atoms with Crippen LogP contribution >= 0.6 is 24.4 Å². The molecule has 5 nitrogen and oxygen atoms in total. The smallest absolute Gasteiger partial charge is 0.260 e. The third-order valence-electron chi connectivity index (χ3n) is 4.70. The first-order valence-corrected chi connectivity index (χ1v) is 8.92. The lowest BCUT2D eigenvalue weighted by molar-refractivity contribution is -0.115. The molecule has 7 heteroatoms. The van der Waals surface area contributed by atoms with E-state index in [9.17, 15) is 10.1 Å². The molecule has 3 rings (SSSR count). The van der Waals surface area contributed by atoms with Crippen molar-refractivity contribution in [3.05, 3.63) is 22.4 Å². The van der Waals surface area contributed by atoms with Gasteiger partial charge in [0.1, 0.15) is 11.1 Å². The number of carbonyl (C=O) groups excluding carboxylic acids is 1. The molecule has 2 fully saturated rings. The van der Waals surface area contributed by atoms with Crippen molar-refractivity contribution in [3.8, 4) is 6.07 Å². The Balaban J connectivity index is 2.17. The van der Waals surface area contributed by atoms with E-state index in [4.69, 9.17) is 24.4 Å². The minimum absolute atomic E-state index is 0.0333. The van der Waals surface area contributed by atoms with E-state index in [1.54, 1.807) is 0 Å². The maximum atomic E-state index is 12.5. The van der Waals surface area contributed by atoms with Crippen molar-refractivity contribution in [2.24, 2.45) is 5.41 Å². The summed E-state index contributed by atoms with van der Waals surface area (Å²) in [5.41, 5.74) is 2.76. The van der Waals surface area contributed by atoms with Crippen molar-refractivity contribution in [2.45, 2.75) is 39.5 Å². The number of hydrogen-bond donors (Lipinski definition) is 2. The standard InChI is InChI=1S/C17H20N4OS2/c1-17(2)7-10(13-14(22)19-16(24)20-15(13)23)11(9-18)12(8-17)21-5-3-4-6-21/h3-8H2,1-2H3,(H2,19,20,22,23,24)/b13-10-. The van der Waals surface area contributed by atoms with Crippen molar-refractivity contribution >= 4 is 40.4 Å². The Kier molecular flexibility index (Phi) is 4.45. The van der Waals surface area contributed by atoms with E-state index in [1.807, 2.05) is 0 Å². The summed E-state index contributed by atoms with van der Waals surface area (Å²) in [5.74, 6) is -0.315. The summed E-state index contributed by atoms with van der Waals surface area (Å²) in [6.07, 6.45) is 3.77. The first kappa shape index (κ1) is 17.1. The van der Waals surface area contributed by atoms with E-state index in [1.165, 1.54) is 0 Å². The van der Waals surface area contributed by atoms with Gasteiger partial charge in [-0.3, -0.25) is 10.1 Å². The van der Waals surface area contributed by atoms with Crippen LogP contribution in [-0.2, 0) is 4.79 Å². The maximum absolute atomic E-state index is 12.5. The molecule has 0 saturated carbocycles. The number of nitrogens with zero attached hydrogens (tertiary/aromatic N) is 2. The van der Waals surface area contributed by atoms with Gasteiger partial charge in [-0.25, -0.2) is 0 Å². The molecule has 1 aliphatic carbocycles. The number of allylic oxidation sites excluding steroid dienone is 3. The second-order valence-electron chi connectivity index (χ2n) is 7.24. The zero-order valence-electron chi connectivity index (χ0n) is 13.9. The van der Waals surface area contributed by atoms with E-state index in [0.29, 0.717) is 22.6 Å². The van der Waals surface area contributed by atoms with Crippen LogP contribution in [0.5, 0.6) is 0 Å².